The molecular weight excluding hydrogens is 184 g/mol. The van der Waals surface area contributed by atoms with E-state index in [-0.39, 0.29) is 0 Å². The van der Waals surface area contributed by atoms with Crippen molar-refractivity contribution in [1.29, 1.82) is 0 Å². The highest BCUT2D eigenvalue weighted by Crippen LogP contribution is 2.25. The average molecular weight is 200 g/mol. The fraction of sp³-hybridized carbons (Fsp3) is 0.385. The molecule has 0 radical (unpaired) electrons. The second kappa shape index (κ2) is 3.70. The lowest BCUT2D eigenvalue weighted by molar-refractivity contribution is 0.462. The van der Waals surface area contributed by atoms with Crippen LogP contribution in [0.5, 0.6) is 0 Å². The van der Waals surface area contributed by atoms with Crippen molar-refractivity contribution < 1.29 is 0 Å². The van der Waals surface area contributed by atoms with E-state index < -0.39 is 0 Å². The molecule has 2 N–H and O–H groups in total. The quantitative estimate of drug-likeness (QED) is 0.727. The summed E-state index contributed by atoms with van der Waals surface area (Å²) >= 11 is 0. The summed E-state index contributed by atoms with van der Waals surface area (Å²) in [5, 5.41) is 4.77. The van der Waals surface area contributed by atoms with Gasteiger partial charge in [-0.1, -0.05) is 12.1 Å². The number of hydrogen-bond donors (Lipinski definition) is 2. The highest BCUT2D eigenvalue weighted by atomic mass is 14.9. The predicted octanol–water partition coefficient (Wildman–Crippen LogP) is 2.63. The molecule has 0 spiro atoms. The Morgan fingerprint density at radius 1 is 1.20 bits per heavy atom. The van der Waals surface area contributed by atoms with Gasteiger partial charge in [-0.2, -0.15) is 0 Å². The van der Waals surface area contributed by atoms with E-state index in [1.54, 1.807) is 0 Å². The first-order valence-electron chi connectivity index (χ1n) is 5.71. The molecule has 1 unspecified atom stereocenters. The minimum Gasteiger partial charge on any atom is -0.361 e. The summed E-state index contributed by atoms with van der Waals surface area (Å²) in [6.45, 7) is 2.31. The topological polar surface area (TPSA) is 27.8 Å². The van der Waals surface area contributed by atoms with Gasteiger partial charge in [-0.25, -0.2) is 0 Å². The largest absolute Gasteiger partial charge is 0.361 e. The van der Waals surface area contributed by atoms with Gasteiger partial charge >= 0.3 is 0 Å². The van der Waals surface area contributed by atoms with Gasteiger partial charge in [0.25, 0.3) is 0 Å². The molecule has 1 aromatic heterocycles. The van der Waals surface area contributed by atoms with Crippen molar-refractivity contribution in [2.45, 2.75) is 18.8 Å². The van der Waals surface area contributed by atoms with Crippen molar-refractivity contribution >= 4 is 10.9 Å². The van der Waals surface area contributed by atoms with Gasteiger partial charge in [0.2, 0.25) is 0 Å². The van der Waals surface area contributed by atoms with E-state index in [9.17, 15) is 0 Å². The van der Waals surface area contributed by atoms with E-state index in [2.05, 4.69) is 34.6 Å². The Morgan fingerprint density at radius 2 is 2.20 bits per heavy atom. The molecule has 0 aliphatic carbocycles. The highest BCUT2D eigenvalue weighted by Gasteiger charge is 2.15. The molecule has 2 aromatic rings. The van der Waals surface area contributed by atoms with Crippen LogP contribution < -0.4 is 5.32 Å². The third-order valence-electron chi connectivity index (χ3n) is 3.35. The molecule has 0 bridgehead atoms. The lowest BCUT2D eigenvalue weighted by Crippen LogP contribution is -2.28. The fourth-order valence-electron chi connectivity index (χ4n) is 2.46. The van der Waals surface area contributed by atoms with Crippen molar-refractivity contribution in [2.24, 2.45) is 0 Å². The van der Waals surface area contributed by atoms with Gasteiger partial charge in [0.1, 0.15) is 0 Å². The van der Waals surface area contributed by atoms with Crippen LogP contribution in [0.2, 0.25) is 0 Å². The van der Waals surface area contributed by atoms with Gasteiger partial charge < -0.3 is 10.3 Å². The van der Waals surface area contributed by atoms with Gasteiger partial charge in [0, 0.05) is 18.3 Å². The molecule has 2 heterocycles. The van der Waals surface area contributed by atoms with E-state index >= 15 is 0 Å². The number of H-pyrrole nitrogens is 1. The first kappa shape index (κ1) is 8.98. The van der Waals surface area contributed by atoms with Crippen LogP contribution in [0, 0.1) is 0 Å². The Hall–Kier alpha value is -1.28. The number of fused-ring (bicyclic) bond motifs is 1. The van der Waals surface area contributed by atoms with Crippen LogP contribution in [0.3, 0.4) is 0 Å². The molecule has 1 fully saturated rings. The van der Waals surface area contributed by atoms with Crippen LogP contribution in [0.4, 0.5) is 0 Å². The molecule has 78 valence electrons. The van der Waals surface area contributed by atoms with Gasteiger partial charge in [0.05, 0.1) is 0 Å². The SMILES string of the molecule is c1cc2ccc(C3CCCNC3)cc2[nH]1. The van der Waals surface area contributed by atoms with Gasteiger partial charge in [-0.05, 0) is 48.4 Å². The van der Waals surface area contributed by atoms with E-state index in [0.29, 0.717) is 5.92 Å². The maximum atomic E-state index is 3.46. The number of piperidine rings is 1. The fourth-order valence-corrected chi connectivity index (χ4v) is 2.46. The Labute approximate surface area is 89.7 Å². The molecule has 1 atom stereocenters. The van der Waals surface area contributed by atoms with Crippen LogP contribution in [0.25, 0.3) is 10.9 Å². The molecule has 1 saturated heterocycles. The zero-order chi connectivity index (χ0) is 10.1. The van der Waals surface area contributed by atoms with Crippen molar-refractivity contribution in [1.82, 2.24) is 10.3 Å². The predicted molar refractivity (Wildman–Crippen MR) is 63.1 cm³/mol. The lowest BCUT2D eigenvalue weighted by Gasteiger charge is -2.23. The third-order valence-corrected chi connectivity index (χ3v) is 3.35. The number of hydrogen-bond acceptors (Lipinski definition) is 1. The molecular formula is C13H16N2. The molecule has 3 rings (SSSR count). The Kier molecular flexibility index (Phi) is 2.22. The number of nitrogens with one attached hydrogen (secondary N) is 2. The summed E-state index contributed by atoms with van der Waals surface area (Å²) in [5.74, 6) is 0.700. The van der Waals surface area contributed by atoms with Crippen LogP contribution in [0.1, 0.15) is 24.3 Å². The zero-order valence-corrected chi connectivity index (χ0v) is 8.79. The Bertz CT molecular complexity index is 452. The van der Waals surface area contributed by atoms with Crippen molar-refractivity contribution in [3.63, 3.8) is 0 Å². The molecule has 15 heavy (non-hydrogen) atoms. The second-order valence-corrected chi connectivity index (χ2v) is 4.37. The Morgan fingerprint density at radius 3 is 3.07 bits per heavy atom. The van der Waals surface area contributed by atoms with Gasteiger partial charge in [0.15, 0.2) is 0 Å². The summed E-state index contributed by atoms with van der Waals surface area (Å²) in [6.07, 6.45) is 4.63. The number of aromatic amines is 1. The number of benzene rings is 1. The van der Waals surface area contributed by atoms with Crippen LogP contribution in [-0.2, 0) is 0 Å². The average Bonchev–Trinajstić information content (AvgIpc) is 2.77. The smallest absolute Gasteiger partial charge is 0.0456 e. The summed E-state index contributed by atoms with van der Waals surface area (Å²) < 4.78 is 0. The molecule has 1 aliphatic rings. The molecule has 2 nitrogen and oxygen atoms in total. The van der Waals surface area contributed by atoms with Gasteiger partial charge in [-0.3, -0.25) is 0 Å². The molecule has 1 aromatic carbocycles. The summed E-state index contributed by atoms with van der Waals surface area (Å²) in [5.41, 5.74) is 2.73. The minimum absolute atomic E-state index is 0.700. The summed E-state index contributed by atoms with van der Waals surface area (Å²) in [7, 11) is 0. The van der Waals surface area contributed by atoms with Crippen molar-refractivity contribution in [2.75, 3.05) is 13.1 Å². The molecule has 0 saturated carbocycles. The van der Waals surface area contributed by atoms with Crippen LogP contribution in [-0.4, -0.2) is 18.1 Å². The minimum atomic E-state index is 0.700. The van der Waals surface area contributed by atoms with Crippen molar-refractivity contribution in [3.8, 4) is 0 Å². The first-order chi connectivity index (χ1) is 7.43. The summed E-state index contributed by atoms with van der Waals surface area (Å²) in [4.78, 5) is 3.28. The number of rotatable bonds is 1. The standard InChI is InChI=1S/C13H16N2/c1-2-12(9-14-6-1)11-4-3-10-5-7-15-13(10)8-11/h3-5,7-8,12,14-15H,1-2,6,9H2. The van der Waals surface area contributed by atoms with E-state index in [1.807, 2.05) is 6.20 Å². The lowest BCUT2D eigenvalue weighted by atomic mass is 9.91. The third kappa shape index (κ3) is 1.65. The first-order valence-corrected chi connectivity index (χ1v) is 5.71. The molecule has 2 heteroatoms. The Balaban J connectivity index is 1.95. The normalized spacial score (nSPS) is 22.0. The molecule has 1 aliphatic heterocycles. The second-order valence-electron chi connectivity index (χ2n) is 4.37. The van der Waals surface area contributed by atoms with E-state index in [1.165, 1.54) is 35.9 Å². The van der Waals surface area contributed by atoms with E-state index in [0.717, 1.165) is 6.54 Å². The van der Waals surface area contributed by atoms with E-state index in [4.69, 9.17) is 0 Å². The number of aromatic nitrogens is 1. The monoisotopic (exact) mass is 200 g/mol. The highest BCUT2D eigenvalue weighted by molar-refractivity contribution is 5.80. The maximum Gasteiger partial charge on any atom is 0.0456 e. The summed E-state index contributed by atoms with van der Waals surface area (Å²) in [6, 6.07) is 8.91. The van der Waals surface area contributed by atoms with Gasteiger partial charge in [-0.15, -0.1) is 0 Å². The van der Waals surface area contributed by atoms with Crippen molar-refractivity contribution in [3.05, 3.63) is 36.0 Å². The van der Waals surface area contributed by atoms with Crippen LogP contribution >= 0.6 is 0 Å². The maximum absolute atomic E-state index is 3.46. The zero-order valence-electron chi connectivity index (χ0n) is 8.79. The van der Waals surface area contributed by atoms with Crippen LogP contribution in [0.15, 0.2) is 30.5 Å². The molecule has 0 amide bonds.